The van der Waals surface area contributed by atoms with Gasteiger partial charge in [0.2, 0.25) is 10.0 Å². The normalized spacial score (nSPS) is 25.5. The van der Waals surface area contributed by atoms with E-state index in [-0.39, 0.29) is 23.9 Å². The van der Waals surface area contributed by atoms with Gasteiger partial charge in [0.25, 0.3) is 0 Å². The molecule has 2 atom stereocenters. The molecule has 1 aromatic rings. The van der Waals surface area contributed by atoms with Gasteiger partial charge in [-0.3, -0.25) is 0 Å². The molecule has 106 valence electrons. The highest BCUT2D eigenvalue weighted by atomic mass is 32.2. The third-order valence-corrected chi connectivity index (χ3v) is 5.27. The van der Waals surface area contributed by atoms with E-state index in [4.69, 9.17) is 0 Å². The molecule has 7 heteroatoms. The van der Waals surface area contributed by atoms with Gasteiger partial charge in [0, 0.05) is 13.1 Å². The molecule has 0 spiro atoms. The van der Waals surface area contributed by atoms with Crippen molar-refractivity contribution in [3.63, 3.8) is 0 Å². The lowest BCUT2D eigenvalue weighted by Crippen LogP contribution is -2.45. The molecule has 0 saturated carbocycles. The number of aliphatic hydroxyl groups is 1. The monoisotopic (exact) mass is 291 g/mol. The van der Waals surface area contributed by atoms with Crippen LogP contribution >= 0.6 is 0 Å². The SMILES string of the molecule is CC1CCN(S(=O)(=O)c2ccc(F)c(F)c2)CC1O. The van der Waals surface area contributed by atoms with Crippen LogP contribution in [0.2, 0.25) is 0 Å². The largest absolute Gasteiger partial charge is 0.391 e. The van der Waals surface area contributed by atoms with Crippen LogP contribution in [0.15, 0.2) is 23.1 Å². The standard InChI is InChI=1S/C12H15F2NO3S/c1-8-4-5-15(7-12(8)16)19(17,18)9-2-3-10(13)11(14)6-9/h2-3,6,8,12,16H,4-5,7H2,1H3. The summed E-state index contributed by atoms with van der Waals surface area (Å²) in [5.41, 5.74) is 0. The predicted molar refractivity (Wildman–Crippen MR) is 64.9 cm³/mol. The molecule has 0 radical (unpaired) electrons. The van der Waals surface area contributed by atoms with E-state index in [9.17, 15) is 22.3 Å². The second-order valence-corrected chi connectivity index (χ2v) is 6.71. The van der Waals surface area contributed by atoms with Crippen LogP contribution in [0.5, 0.6) is 0 Å². The van der Waals surface area contributed by atoms with E-state index in [2.05, 4.69) is 0 Å². The van der Waals surface area contributed by atoms with E-state index in [0.717, 1.165) is 16.4 Å². The number of piperidine rings is 1. The first-order valence-corrected chi connectivity index (χ1v) is 7.39. The molecule has 1 saturated heterocycles. The number of sulfonamides is 1. The van der Waals surface area contributed by atoms with Crippen molar-refractivity contribution in [2.45, 2.75) is 24.3 Å². The molecule has 1 aliphatic heterocycles. The Hall–Kier alpha value is -1.05. The van der Waals surface area contributed by atoms with Crippen LogP contribution in [0.4, 0.5) is 8.78 Å². The molecule has 0 bridgehead atoms. The zero-order valence-electron chi connectivity index (χ0n) is 10.4. The van der Waals surface area contributed by atoms with Crippen molar-refractivity contribution in [1.82, 2.24) is 4.31 Å². The maximum Gasteiger partial charge on any atom is 0.243 e. The molecule has 0 aliphatic carbocycles. The van der Waals surface area contributed by atoms with E-state index >= 15 is 0 Å². The van der Waals surface area contributed by atoms with Gasteiger partial charge in [0.15, 0.2) is 11.6 Å². The molecular formula is C12H15F2NO3S. The van der Waals surface area contributed by atoms with Crippen LogP contribution in [0.3, 0.4) is 0 Å². The summed E-state index contributed by atoms with van der Waals surface area (Å²) < 4.78 is 51.5. The molecular weight excluding hydrogens is 276 g/mol. The molecule has 1 heterocycles. The Morgan fingerprint density at radius 2 is 2.00 bits per heavy atom. The second kappa shape index (κ2) is 5.15. The summed E-state index contributed by atoms with van der Waals surface area (Å²) in [6, 6.07) is 2.47. The van der Waals surface area contributed by atoms with Crippen LogP contribution in [0.1, 0.15) is 13.3 Å². The van der Waals surface area contributed by atoms with E-state index in [0.29, 0.717) is 12.5 Å². The topological polar surface area (TPSA) is 57.6 Å². The lowest BCUT2D eigenvalue weighted by Gasteiger charge is -2.33. The van der Waals surface area contributed by atoms with Crippen molar-refractivity contribution >= 4 is 10.0 Å². The first kappa shape index (κ1) is 14.4. The lowest BCUT2D eigenvalue weighted by atomic mass is 9.98. The Labute approximate surface area is 110 Å². The van der Waals surface area contributed by atoms with E-state index < -0.39 is 27.8 Å². The number of halogens is 2. The van der Waals surface area contributed by atoms with Crippen LogP contribution < -0.4 is 0 Å². The van der Waals surface area contributed by atoms with Gasteiger partial charge in [-0.05, 0) is 30.5 Å². The Balaban J connectivity index is 2.29. The van der Waals surface area contributed by atoms with Gasteiger partial charge in [-0.15, -0.1) is 0 Å². The molecule has 19 heavy (non-hydrogen) atoms. The quantitative estimate of drug-likeness (QED) is 0.895. The molecule has 2 unspecified atom stereocenters. The van der Waals surface area contributed by atoms with Crippen LogP contribution in [0.25, 0.3) is 0 Å². The summed E-state index contributed by atoms with van der Waals surface area (Å²) in [6.45, 7) is 2.08. The third-order valence-electron chi connectivity index (χ3n) is 3.41. The van der Waals surface area contributed by atoms with Crippen LogP contribution in [0, 0.1) is 17.6 Å². The number of hydrogen-bond donors (Lipinski definition) is 1. The number of β-amino-alcohol motifs (C(OH)–C–C–N with tert-alkyl or cyclic N) is 1. The molecule has 2 rings (SSSR count). The van der Waals surface area contributed by atoms with Crippen molar-refractivity contribution in [2.24, 2.45) is 5.92 Å². The molecule has 1 N–H and O–H groups in total. The first-order chi connectivity index (χ1) is 8.82. The summed E-state index contributed by atoms with van der Waals surface area (Å²) in [6.07, 6.45) is -0.210. The average molecular weight is 291 g/mol. The fourth-order valence-corrected chi connectivity index (χ4v) is 3.51. The number of benzene rings is 1. The zero-order chi connectivity index (χ0) is 14.2. The van der Waals surface area contributed by atoms with Crippen molar-refractivity contribution < 1.29 is 22.3 Å². The lowest BCUT2D eigenvalue weighted by molar-refractivity contribution is 0.0605. The summed E-state index contributed by atoms with van der Waals surface area (Å²) in [5.74, 6) is -2.27. The van der Waals surface area contributed by atoms with Crippen molar-refractivity contribution in [2.75, 3.05) is 13.1 Å². The van der Waals surface area contributed by atoms with E-state index in [1.54, 1.807) is 0 Å². The van der Waals surface area contributed by atoms with Crippen molar-refractivity contribution in [3.8, 4) is 0 Å². The Morgan fingerprint density at radius 1 is 1.32 bits per heavy atom. The summed E-state index contributed by atoms with van der Waals surface area (Å²) in [5, 5.41) is 9.72. The number of nitrogens with zero attached hydrogens (tertiary/aromatic N) is 1. The average Bonchev–Trinajstić information content (AvgIpc) is 2.35. The van der Waals surface area contributed by atoms with Gasteiger partial charge in [-0.1, -0.05) is 6.92 Å². The van der Waals surface area contributed by atoms with Gasteiger partial charge < -0.3 is 5.11 Å². The summed E-state index contributed by atoms with van der Waals surface area (Å²) in [4.78, 5) is -0.298. The van der Waals surface area contributed by atoms with E-state index in [1.165, 1.54) is 0 Å². The maximum atomic E-state index is 13.1. The minimum Gasteiger partial charge on any atom is -0.391 e. The molecule has 0 aromatic heterocycles. The van der Waals surface area contributed by atoms with Gasteiger partial charge in [-0.2, -0.15) is 4.31 Å². The summed E-state index contributed by atoms with van der Waals surface area (Å²) >= 11 is 0. The number of hydrogen-bond acceptors (Lipinski definition) is 3. The summed E-state index contributed by atoms with van der Waals surface area (Å²) in [7, 11) is -3.89. The minimum absolute atomic E-state index is 0.0244. The first-order valence-electron chi connectivity index (χ1n) is 5.95. The molecule has 1 fully saturated rings. The Bertz CT molecular complexity index is 576. The zero-order valence-corrected chi connectivity index (χ0v) is 11.2. The highest BCUT2D eigenvalue weighted by Crippen LogP contribution is 2.24. The Kier molecular flexibility index (Phi) is 3.89. The fourth-order valence-electron chi connectivity index (χ4n) is 2.02. The van der Waals surface area contributed by atoms with E-state index in [1.807, 2.05) is 6.92 Å². The van der Waals surface area contributed by atoms with Gasteiger partial charge in [0.1, 0.15) is 0 Å². The molecule has 4 nitrogen and oxygen atoms in total. The van der Waals surface area contributed by atoms with Gasteiger partial charge >= 0.3 is 0 Å². The third kappa shape index (κ3) is 2.77. The van der Waals surface area contributed by atoms with Gasteiger partial charge in [-0.25, -0.2) is 17.2 Å². The van der Waals surface area contributed by atoms with Gasteiger partial charge in [0.05, 0.1) is 11.0 Å². The number of aliphatic hydroxyl groups excluding tert-OH is 1. The molecule has 0 amide bonds. The van der Waals surface area contributed by atoms with Crippen LogP contribution in [-0.2, 0) is 10.0 Å². The highest BCUT2D eigenvalue weighted by molar-refractivity contribution is 7.89. The maximum absolute atomic E-state index is 13.1. The minimum atomic E-state index is -3.89. The molecule has 1 aromatic carbocycles. The van der Waals surface area contributed by atoms with Crippen molar-refractivity contribution in [3.05, 3.63) is 29.8 Å². The van der Waals surface area contributed by atoms with Crippen LogP contribution in [-0.4, -0.2) is 37.0 Å². The molecule has 1 aliphatic rings. The highest BCUT2D eigenvalue weighted by Gasteiger charge is 2.33. The Morgan fingerprint density at radius 3 is 2.58 bits per heavy atom. The second-order valence-electron chi connectivity index (χ2n) is 4.77. The smallest absolute Gasteiger partial charge is 0.243 e. The number of rotatable bonds is 2. The predicted octanol–water partition coefficient (Wildman–Crippen LogP) is 1.36. The fraction of sp³-hybridized carbons (Fsp3) is 0.500. The van der Waals surface area contributed by atoms with Crippen molar-refractivity contribution in [1.29, 1.82) is 0 Å².